The van der Waals surface area contributed by atoms with Crippen molar-refractivity contribution in [3.05, 3.63) is 71.8 Å². The fourth-order valence-corrected chi connectivity index (χ4v) is 4.27. The summed E-state index contributed by atoms with van der Waals surface area (Å²) in [5.41, 5.74) is 6.37. The smallest absolute Gasteiger partial charge is 0.344 e. The first kappa shape index (κ1) is 20.7. The monoisotopic (exact) mass is 438 g/mol. The minimum absolute atomic E-state index is 0.125. The largest absolute Gasteiger partial charge is 0.490 e. The van der Waals surface area contributed by atoms with Crippen molar-refractivity contribution in [3.8, 4) is 5.75 Å². The third kappa shape index (κ3) is 4.31. The zero-order valence-corrected chi connectivity index (χ0v) is 17.9. The Bertz CT molecular complexity index is 1310. The number of ether oxygens (including phenoxy) is 1. The molecule has 0 aromatic heterocycles. The molecule has 1 aliphatic heterocycles. The summed E-state index contributed by atoms with van der Waals surface area (Å²) < 4.78 is 35.2. The second-order valence-electron chi connectivity index (χ2n) is 7.89. The lowest BCUT2D eigenvalue weighted by Gasteiger charge is -2.28. The molecule has 8 nitrogen and oxygen atoms in total. The Morgan fingerprint density at radius 2 is 1.81 bits per heavy atom. The number of nitrogens with two attached hydrogens (primary N) is 1. The highest BCUT2D eigenvalue weighted by atomic mass is 32.2. The number of rotatable bonds is 5. The number of hydrogen-bond acceptors (Lipinski definition) is 5. The van der Waals surface area contributed by atoms with Gasteiger partial charge in [0.1, 0.15) is 12.4 Å². The van der Waals surface area contributed by atoms with Crippen molar-refractivity contribution < 1.29 is 17.9 Å². The summed E-state index contributed by atoms with van der Waals surface area (Å²) >= 11 is 0. The van der Waals surface area contributed by atoms with Crippen molar-refractivity contribution in [1.29, 1.82) is 0 Å². The van der Waals surface area contributed by atoms with E-state index in [0.717, 1.165) is 10.8 Å². The average Bonchev–Trinajstić information content (AvgIpc) is 2.70. The quantitative estimate of drug-likeness (QED) is 0.565. The molecule has 0 aliphatic carbocycles. The SMILES string of the molecule is CC(C)(COc1cccc2c1C(N)=NS(=O)(=O)N2)NC(=O)c1cccc2ccccc12. The van der Waals surface area contributed by atoms with Crippen molar-refractivity contribution in [2.75, 3.05) is 11.3 Å². The molecule has 1 amide bonds. The summed E-state index contributed by atoms with van der Waals surface area (Å²) in [4.78, 5) is 13.0. The zero-order chi connectivity index (χ0) is 22.2. The summed E-state index contributed by atoms with van der Waals surface area (Å²) in [6.07, 6.45) is 0. The van der Waals surface area contributed by atoms with Gasteiger partial charge in [-0.3, -0.25) is 9.52 Å². The highest BCUT2D eigenvalue weighted by Crippen LogP contribution is 2.31. The van der Waals surface area contributed by atoms with Gasteiger partial charge in [0.05, 0.1) is 16.8 Å². The van der Waals surface area contributed by atoms with Crippen molar-refractivity contribution in [2.45, 2.75) is 19.4 Å². The summed E-state index contributed by atoms with van der Waals surface area (Å²) in [6.45, 7) is 3.80. The Labute approximate surface area is 180 Å². The van der Waals surface area contributed by atoms with E-state index in [4.69, 9.17) is 10.5 Å². The first-order chi connectivity index (χ1) is 14.7. The predicted octanol–water partition coefficient (Wildman–Crippen LogP) is 2.80. The normalized spacial score (nSPS) is 14.8. The Morgan fingerprint density at radius 3 is 2.61 bits per heavy atom. The Morgan fingerprint density at radius 1 is 1.10 bits per heavy atom. The molecule has 0 bridgehead atoms. The van der Waals surface area contributed by atoms with Crippen LogP contribution in [0.25, 0.3) is 10.8 Å². The van der Waals surface area contributed by atoms with E-state index in [0.29, 0.717) is 22.6 Å². The van der Waals surface area contributed by atoms with Crippen molar-refractivity contribution in [3.63, 3.8) is 0 Å². The van der Waals surface area contributed by atoms with Gasteiger partial charge in [-0.15, -0.1) is 4.40 Å². The standard InChI is InChI=1S/C22H22N4O4S/c1-22(2,24-21(27)16-10-5-8-14-7-3-4-9-15(14)16)13-30-18-12-6-11-17-19(18)20(23)26-31(28,29)25-17/h3-12,25H,13H2,1-2H3,(H2,23,26)(H,24,27). The lowest BCUT2D eigenvalue weighted by Crippen LogP contribution is -2.48. The number of anilines is 1. The van der Waals surface area contributed by atoms with Gasteiger partial charge in [0.2, 0.25) is 0 Å². The molecule has 0 fully saturated rings. The van der Waals surface area contributed by atoms with Crippen LogP contribution in [0.1, 0.15) is 29.8 Å². The van der Waals surface area contributed by atoms with Gasteiger partial charge in [-0.1, -0.05) is 42.5 Å². The van der Waals surface area contributed by atoms with Gasteiger partial charge in [0.25, 0.3) is 5.91 Å². The van der Waals surface area contributed by atoms with Crippen LogP contribution in [-0.4, -0.2) is 32.3 Å². The van der Waals surface area contributed by atoms with Crippen LogP contribution >= 0.6 is 0 Å². The second kappa shape index (κ2) is 7.59. The lowest BCUT2D eigenvalue weighted by atomic mass is 10.0. The van der Waals surface area contributed by atoms with E-state index < -0.39 is 15.7 Å². The van der Waals surface area contributed by atoms with Crippen molar-refractivity contribution in [2.24, 2.45) is 10.1 Å². The van der Waals surface area contributed by atoms with Crippen LogP contribution in [0.2, 0.25) is 0 Å². The van der Waals surface area contributed by atoms with Crippen LogP contribution in [0.3, 0.4) is 0 Å². The van der Waals surface area contributed by atoms with Gasteiger partial charge in [-0.05, 0) is 42.8 Å². The summed E-state index contributed by atoms with van der Waals surface area (Å²) in [5.74, 6) is 0.00455. The number of fused-ring (bicyclic) bond motifs is 2. The molecule has 0 saturated heterocycles. The van der Waals surface area contributed by atoms with Crippen LogP contribution in [0, 0.1) is 0 Å². The maximum absolute atomic E-state index is 13.0. The van der Waals surface area contributed by atoms with Gasteiger partial charge in [-0.2, -0.15) is 8.42 Å². The maximum Gasteiger partial charge on any atom is 0.344 e. The van der Waals surface area contributed by atoms with Crippen molar-refractivity contribution >= 4 is 38.4 Å². The number of hydrogen-bond donors (Lipinski definition) is 3. The number of carbonyl (C=O) groups is 1. The van der Waals surface area contributed by atoms with E-state index >= 15 is 0 Å². The van der Waals surface area contributed by atoms with E-state index in [1.54, 1.807) is 24.3 Å². The minimum atomic E-state index is -3.87. The molecule has 31 heavy (non-hydrogen) atoms. The van der Waals surface area contributed by atoms with Gasteiger partial charge in [0.15, 0.2) is 5.84 Å². The van der Waals surface area contributed by atoms with E-state index in [1.165, 1.54) is 0 Å². The number of carbonyl (C=O) groups excluding carboxylic acids is 1. The molecule has 1 heterocycles. The number of nitrogens with zero attached hydrogens (tertiary/aromatic N) is 1. The van der Waals surface area contributed by atoms with Crippen LogP contribution in [0.5, 0.6) is 5.75 Å². The fraction of sp³-hybridized carbons (Fsp3) is 0.182. The van der Waals surface area contributed by atoms with Crippen LogP contribution in [0.15, 0.2) is 65.1 Å². The molecule has 4 rings (SSSR count). The minimum Gasteiger partial charge on any atom is -0.490 e. The van der Waals surface area contributed by atoms with E-state index in [-0.39, 0.29) is 18.3 Å². The predicted molar refractivity (Wildman–Crippen MR) is 121 cm³/mol. The molecule has 4 N–H and O–H groups in total. The average molecular weight is 439 g/mol. The molecule has 160 valence electrons. The van der Waals surface area contributed by atoms with Crippen LogP contribution in [-0.2, 0) is 10.2 Å². The topological polar surface area (TPSA) is 123 Å². The Balaban J connectivity index is 1.52. The fourth-order valence-electron chi connectivity index (χ4n) is 3.43. The number of amides is 1. The molecule has 3 aromatic rings. The highest BCUT2D eigenvalue weighted by Gasteiger charge is 2.27. The third-order valence-corrected chi connectivity index (χ3v) is 5.73. The third-order valence-electron chi connectivity index (χ3n) is 4.81. The molecule has 3 aromatic carbocycles. The molecule has 0 spiro atoms. The van der Waals surface area contributed by atoms with Gasteiger partial charge >= 0.3 is 10.2 Å². The van der Waals surface area contributed by atoms with Crippen molar-refractivity contribution in [1.82, 2.24) is 5.32 Å². The molecule has 0 unspecified atom stereocenters. The highest BCUT2D eigenvalue weighted by molar-refractivity contribution is 7.91. The van der Waals surface area contributed by atoms with Gasteiger partial charge in [0, 0.05) is 5.56 Å². The van der Waals surface area contributed by atoms with E-state index in [1.807, 2.05) is 50.2 Å². The first-order valence-corrected chi connectivity index (χ1v) is 11.0. The number of amidine groups is 1. The molecule has 0 radical (unpaired) electrons. The van der Waals surface area contributed by atoms with E-state index in [9.17, 15) is 13.2 Å². The van der Waals surface area contributed by atoms with Gasteiger partial charge < -0.3 is 15.8 Å². The Kier molecular flexibility index (Phi) is 5.06. The number of nitrogens with one attached hydrogen (secondary N) is 2. The lowest BCUT2D eigenvalue weighted by molar-refractivity contribution is 0.0882. The Hall–Kier alpha value is -3.59. The first-order valence-electron chi connectivity index (χ1n) is 9.60. The number of benzene rings is 3. The second-order valence-corrected chi connectivity index (χ2v) is 9.22. The molecule has 0 saturated carbocycles. The van der Waals surface area contributed by atoms with Crippen LogP contribution in [0.4, 0.5) is 5.69 Å². The summed E-state index contributed by atoms with van der Waals surface area (Å²) in [6, 6.07) is 18.2. The molecular weight excluding hydrogens is 416 g/mol. The summed E-state index contributed by atoms with van der Waals surface area (Å²) in [7, 11) is -3.87. The summed E-state index contributed by atoms with van der Waals surface area (Å²) in [5, 5.41) is 4.85. The molecule has 0 atom stereocenters. The van der Waals surface area contributed by atoms with Crippen LogP contribution < -0.4 is 20.5 Å². The molecule has 9 heteroatoms. The molecular formula is C22H22N4O4S. The maximum atomic E-state index is 13.0. The molecule has 1 aliphatic rings. The zero-order valence-electron chi connectivity index (χ0n) is 17.0. The van der Waals surface area contributed by atoms with Gasteiger partial charge in [-0.25, -0.2) is 0 Å². The van der Waals surface area contributed by atoms with E-state index in [2.05, 4.69) is 14.4 Å².